The van der Waals surface area contributed by atoms with E-state index in [-0.39, 0.29) is 6.04 Å². The van der Waals surface area contributed by atoms with Crippen molar-refractivity contribution in [2.75, 3.05) is 0 Å². The molecule has 0 aliphatic carbocycles. The van der Waals surface area contributed by atoms with Crippen molar-refractivity contribution in [3.8, 4) is 5.75 Å². The van der Waals surface area contributed by atoms with Crippen molar-refractivity contribution in [2.24, 2.45) is 0 Å². The molecule has 2 aromatic rings. The van der Waals surface area contributed by atoms with E-state index >= 15 is 0 Å². The largest absolute Gasteiger partial charge is 0.508 e. The second-order valence-corrected chi connectivity index (χ2v) is 5.95. The number of hydrogen-bond donors (Lipinski definition) is 2. The van der Waals surface area contributed by atoms with Gasteiger partial charge < -0.3 is 10.4 Å². The van der Waals surface area contributed by atoms with E-state index in [4.69, 9.17) is 0 Å². The number of aryl methyl sites for hydroxylation is 1. The van der Waals surface area contributed by atoms with E-state index in [2.05, 4.69) is 59.4 Å². The van der Waals surface area contributed by atoms with Crippen molar-refractivity contribution < 1.29 is 5.11 Å². The minimum atomic E-state index is 0.146. The number of halogens is 1. The lowest BCUT2D eigenvalue weighted by Gasteiger charge is -2.19. The van der Waals surface area contributed by atoms with Gasteiger partial charge in [0.2, 0.25) is 0 Å². The Bertz CT molecular complexity index is 583. The van der Waals surface area contributed by atoms with Crippen molar-refractivity contribution in [2.45, 2.75) is 32.9 Å². The molecule has 0 amide bonds. The third-order valence-electron chi connectivity index (χ3n) is 3.41. The second-order valence-electron chi connectivity index (χ2n) is 5.03. The molecule has 2 rings (SSSR count). The molecule has 0 spiro atoms. The highest BCUT2D eigenvalue weighted by molar-refractivity contribution is 9.10. The van der Waals surface area contributed by atoms with E-state index in [0.29, 0.717) is 5.75 Å². The van der Waals surface area contributed by atoms with Crippen molar-refractivity contribution in [1.82, 2.24) is 5.32 Å². The summed E-state index contributed by atoms with van der Waals surface area (Å²) >= 11 is 3.46. The summed E-state index contributed by atoms with van der Waals surface area (Å²) in [6, 6.07) is 14.2. The summed E-state index contributed by atoms with van der Waals surface area (Å²) < 4.78 is 0.987. The minimum Gasteiger partial charge on any atom is -0.508 e. The molecule has 106 valence electrons. The summed E-state index contributed by atoms with van der Waals surface area (Å²) in [5, 5.41) is 13.5. The molecule has 0 aromatic heterocycles. The van der Waals surface area contributed by atoms with Crippen LogP contribution in [0.1, 0.15) is 36.1 Å². The highest BCUT2D eigenvalue weighted by Gasteiger charge is 2.13. The number of hydrogen-bond acceptors (Lipinski definition) is 2. The van der Waals surface area contributed by atoms with Crippen molar-refractivity contribution in [1.29, 1.82) is 0 Å². The number of phenolic OH excluding ortho intramolecular Hbond substituents is 1. The van der Waals surface area contributed by atoms with Crippen LogP contribution in [0.15, 0.2) is 46.9 Å². The number of phenols is 1. The Morgan fingerprint density at radius 2 is 2.00 bits per heavy atom. The summed E-state index contributed by atoms with van der Waals surface area (Å²) in [7, 11) is 0. The van der Waals surface area contributed by atoms with Crippen LogP contribution in [0.3, 0.4) is 0 Å². The van der Waals surface area contributed by atoms with E-state index in [1.165, 1.54) is 11.1 Å². The van der Waals surface area contributed by atoms with Crippen LogP contribution in [-0.2, 0) is 6.54 Å². The Morgan fingerprint density at radius 1 is 1.20 bits per heavy atom. The third-order valence-corrected chi connectivity index (χ3v) is 3.90. The molecule has 0 bridgehead atoms. The first-order chi connectivity index (χ1) is 9.60. The molecule has 3 heteroatoms. The Balaban J connectivity index is 2.11. The van der Waals surface area contributed by atoms with E-state index in [9.17, 15) is 5.11 Å². The quantitative estimate of drug-likeness (QED) is 0.830. The van der Waals surface area contributed by atoms with E-state index in [1.807, 2.05) is 12.1 Å². The van der Waals surface area contributed by atoms with Gasteiger partial charge in [-0.25, -0.2) is 0 Å². The summed E-state index contributed by atoms with van der Waals surface area (Å²) in [6.45, 7) is 5.02. The smallest absolute Gasteiger partial charge is 0.120 e. The van der Waals surface area contributed by atoms with Crippen LogP contribution in [0.25, 0.3) is 0 Å². The predicted octanol–water partition coefficient (Wildman–Crippen LogP) is 4.70. The van der Waals surface area contributed by atoms with Crippen LogP contribution in [0.2, 0.25) is 0 Å². The molecule has 0 aliphatic heterocycles. The molecule has 0 heterocycles. The maximum absolute atomic E-state index is 10.0. The van der Waals surface area contributed by atoms with E-state index in [1.54, 1.807) is 6.07 Å². The van der Waals surface area contributed by atoms with Crippen LogP contribution < -0.4 is 5.32 Å². The van der Waals surface area contributed by atoms with Gasteiger partial charge in [-0.15, -0.1) is 0 Å². The Labute approximate surface area is 129 Å². The van der Waals surface area contributed by atoms with Gasteiger partial charge in [-0.05, 0) is 37.1 Å². The summed E-state index contributed by atoms with van der Waals surface area (Å²) in [5.41, 5.74) is 3.47. The highest BCUT2D eigenvalue weighted by atomic mass is 79.9. The molecule has 0 saturated carbocycles. The molecule has 1 unspecified atom stereocenters. The summed E-state index contributed by atoms with van der Waals surface area (Å²) in [6.07, 6.45) is 0.926. The molecular weight excluding hydrogens is 314 g/mol. The molecule has 1 atom stereocenters. The average molecular weight is 334 g/mol. The number of rotatable bonds is 5. The highest BCUT2D eigenvalue weighted by Crippen LogP contribution is 2.29. The van der Waals surface area contributed by atoms with Gasteiger partial charge >= 0.3 is 0 Å². The molecule has 0 radical (unpaired) electrons. The molecular formula is C17H20BrNO. The summed E-state index contributed by atoms with van der Waals surface area (Å²) in [4.78, 5) is 0. The molecule has 0 aliphatic rings. The lowest BCUT2D eigenvalue weighted by Crippen LogP contribution is -2.20. The van der Waals surface area contributed by atoms with Crippen LogP contribution in [0.5, 0.6) is 5.75 Å². The Kier molecular flexibility index (Phi) is 5.21. The van der Waals surface area contributed by atoms with Gasteiger partial charge in [-0.1, -0.05) is 52.7 Å². The van der Waals surface area contributed by atoms with Crippen molar-refractivity contribution in [3.05, 3.63) is 63.6 Å². The molecule has 20 heavy (non-hydrogen) atoms. The first-order valence-corrected chi connectivity index (χ1v) is 7.66. The van der Waals surface area contributed by atoms with E-state index in [0.717, 1.165) is 23.0 Å². The number of aromatic hydroxyl groups is 1. The lowest BCUT2D eigenvalue weighted by molar-refractivity contribution is 0.440. The topological polar surface area (TPSA) is 32.3 Å². The first-order valence-electron chi connectivity index (χ1n) is 6.87. The molecule has 0 fully saturated rings. The van der Waals surface area contributed by atoms with Gasteiger partial charge in [0.1, 0.15) is 5.75 Å². The monoisotopic (exact) mass is 333 g/mol. The minimum absolute atomic E-state index is 0.146. The van der Waals surface area contributed by atoms with Crippen LogP contribution >= 0.6 is 15.9 Å². The fourth-order valence-electron chi connectivity index (χ4n) is 2.34. The Hall–Kier alpha value is -1.32. The van der Waals surface area contributed by atoms with Crippen molar-refractivity contribution >= 4 is 15.9 Å². The second kappa shape index (κ2) is 6.91. The molecule has 2 N–H and O–H groups in total. The molecule has 2 aromatic carbocycles. The van der Waals surface area contributed by atoms with Gasteiger partial charge in [0.15, 0.2) is 0 Å². The van der Waals surface area contributed by atoms with Gasteiger partial charge in [0, 0.05) is 22.6 Å². The lowest BCUT2D eigenvalue weighted by atomic mass is 10.0. The average Bonchev–Trinajstić information content (AvgIpc) is 2.43. The van der Waals surface area contributed by atoms with Gasteiger partial charge in [0.25, 0.3) is 0 Å². The molecule has 0 saturated heterocycles. The van der Waals surface area contributed by atoms with Gasteiger partial charge in [-0.3, -0.25) is 0 Å². The van der Waals surface area contributed by atoms with Crippen LogP contribution in [0, 0.1) is 6.92 Å². The van der Waals surface area contributed by atoms with Crippen LogP contribution in [-0.4, -0.2) is 5.11 Å². The predicted molar refractivity (Wildman–Crippen MR) is 86.9 cm³/mol. The first kappa shape index (κ1) is 15.1. The zero-order chi connectivity index (χ0) is 14.5. The van der Waals surface area contributed by atoms with Gasteiger partial charge in [0.05, 0.1) is 0 Å². The fourth-order valence-corrected chi connectivity index (χ4v) is 2.72. The fraction of sp³-hybridized carbons (Fsp3) is 0.294. The van der Waals surface area contributed by atoms with Crippen molar-refractivity contribution in [3.63, 3.8) is 0 Å². The Morgan fingerprint density at radius 3 is 2.70 bits per heavy atom. The third kappa shape index (κ3) is 3.84. The maximum atomic E-state index is 10.0. The zero-order valence-corrected chi connectivity index (χ0v) is 13.4. The van der Waals surface area contributed by atoms with E-state index < -0.39 is 0 Å². The van der Waals surface area contributed by atoms with Gasteiger partial charge in [-0.2, -0.15) is 0 Å². The summed E-state index contributed by atoms with van der Waals surface area (Å²) in [5.74, 6) is 0.344. The molecule has 2 nitrogen and oxygen atoms in total. The standard InChI is InChI=1S/C17H20BrNO/c1-3-16(15-10-14(18)7-8-17(15)20)19-11-13-6-4-5-12(2)9-13/h4-10,16,19-20H,3,11H2,1-2H3. The van der Waals surface area contributed by atoms with Crippen LogP contribution in [0.4, 0.5) is 0 Å². The SMILES string of the molecule is CCC(NCc1cccc(C)c1)c1cc(Br)ccc1O. The zero-order valence-electron chi connectivity index (χ0n) is 11.9. The maximum Gasteiger partial charge on any atom is 0.120 e. The normalized spacial score (nSPS) is 12.3. The number of benzene rings is 2. The number of nitrogens with one attached hydrogen (secondary N) is 1.